The second-order valence-corrected chi connectivity index (χ2v) is 12.4. The Morgan fingerprint density at radius 1 is 0.974 bits per heavy atom. The zero-order valence-corrected chi connectivity index (χ0v) is 23.1. The maximum Gasteiger partial charge on any atom is 0.243 e. The smallest absolute Gasteiger partial charge is 0.243 e. The van der Waals surface area contributed by atoms with Gasteiger partial charge >= 0.3 is 0 Å². The van der Waals surface area contributed by atoms with Crippen molar-refractivity contribution >= 4 is 43.9 Å². The summed E-state index contributed by atoms with van der Waals surface area (Å²) in [6.07, 6.45) is 2.35. The molecule has 39 heavy (non-hydrogen) atoms. The number of sulfonamides is 1. The van der Waals surface area contributed by atoms with Crippen LogP contribution >= 0.6 is 11.3 Å². The first-order valence-electron chi connectivity index (χ1n) is 13.2. The minimum absolute atomic E-state index is 0.222. The fraction of sp³-hybridized carbons (Fsp3) is 0.357. The van der Waals surface area contributed by atoms with Gasteiger partial charge in [0.1, 0.15) is 5.58 Å². The molecule has 2 aliphatic rings. The van der Waals surface area contributed by atoms with Crippen molar-refractivity contribution in [3.05, 3.63) is 64.8 Å². The normalized spacial score (nSPS) is 17.5. The third kappa shape index (κ3) is 5.44. The lowest BCUT2D eigenvalue weighted by molar-refractivity contribution is -0.127. The Bertz CT molecular complexity index is 1610. The largest absolute Gasteiger partial charge is 0.454 e. The summed E-state index contributed by atoms with van der Waals surface area (Å²) in [5.41, 5.74) is 2.41. The van der Waals surface area contributed by atoms with Gasteiger partial charge in [-0.3, -0.25) is 4.79 Å². The van der Waals surface area contributed by atoms with Gasteiger partial charge in [0.25, 0.3) is 0 Å². The topological polar surface area (TPSA) is 97.3 Å². The van der Waals surface area contributed by atoms with Gasteiger partial charge in [-0.05, 0) is 49.2 Å². The number of carbonyl (C=O) groups is 1. The Morgan fingerprint density at radius 2 is 1.77 bits per heavy atom. The molecule has 0 unspecified atom stereocenters. The zero-order valence-electron chi connectivity index (χ0n) is 21.5. The van der Waals surface area contributed by atoms with E-state index in [9.17, 15) is 13.2 Å². The van der Waals surface area contributed by atoms with Crippen LogP contribution in [0.25, 0.3) is 22.4 Å². The molecular formula is C28H30N4O5S2. The first kappa shape index (κ1) is 26.0. The van der Waals surface area contributed by atoms with Gasteiger partial charge < -0.3 is 18.6 Å². The molecule has 2 aromatic heterocycles. The van der Waals surface area contributed by atoms with Gasteiger partial charge in [-0.15, -0.1) is 11.3 Å². The molecule has 0 atom stereocenters. The standard InChI is InChI=1S/C28H30N4O5S2/c33-27-7-3-12-30(27)13-4-14-32-24(26-19-21-5-1-2-6-25(21)37-26)20-38-28(32)29-22-8-10-23(11-9-22)39(34,35)31-15-17-36-18-16-31/h1-2,5-6,8-11,19-20H,3-4,7,12-18H2. The second-order valence-electron chi connectivity index (χ2n) is 9.66. The molecule has 204 valence electrons. The number of hydrogen-bond acceptors (Lipinski definition) is 7. The first-order chi connectivity index (χ1) is 19.0. The lowest BCUT2D eigenvalue weighted by Crippen LogP contribution is -2.40. The van der Waals surface area contributed by atoms with Crippen LogP contribution in [0.1, 0.15) is 19.3 Å². The van der Waals surface area contributed by atoms with E-state index in [2.05, 4.69) is 4.57 Å². The quantitative estimate of drug-likeness (QED) is 0.318. The highest BCUT2D eigenvalue weighted by Gasteiger charge is 2.26. The molecule has 0 N–H and O–H groups in total. The summed E-state index contributed by atoms with van der Waals surface area (Å²) in [5.74, 6) is 0.984. The fourth-order valence-electron chi connectivity index (χ4n) is 5.04. The SMILES string of the molecule is O=C1CCCN1CCCn1c(-c2cc3ccccc3o2)csc1=Nc1ccc(S(=O)(=O)N2CCOCC2)cc1. The van der Waals surface area contributed by atoms with Crippen molar-refractivity contribution in [2.24, 2.45) is 4.99 Å². The maximum atomic E-state index is 13.0. The van der Waals surface area contributed by atoms with Crippen molar-refractivity contribution in [3.63, 3.8) is 0 Å². The highest BCUT2D eigenvalue weighted by atomic mass is 32.2. The summed E-state index contributed by atoms with van der Waals surface area (Å²) in [5, 5.41) is 3.07. The molecule has 2 aliphatic heterocycles. The van der Waals surface area contributed by atoms with Gasteiger partial charge in [0.15, 0.2) is 10.6 Å². The number of fused-ring (bicyclic) bond motifs is 1. The van der Waals surface area contributed by atoms with Gasteiger partial charge in [0.2, 0.25) is 15.9 Å². The van der Waals surface area contributed by atoms with E-state index in [0.29, 0.717) is 51.5 Å². The molecule has 11 heteroatoms. The lowest BCUT2D eigenvalue weighted by atomic mass is 10.2. The second kappa shape index (κ2) is 11.1. The third-order valence-electron chi connectivity index (χ3n) is 7.13. The van der Waals surface area contributed by atoms with Crippen LogP contribution in [0, 0.1) is 0 Å². The first-order valence-corrected chi connectivity index (χ1v) is 15.5. The molecular weight excluding hydrogens is 536 g/mol. The minimum Gasteiger partial charge on any atom is -0.454 e. The molecule has 0 aliphatic carbocycles. The molecule has 6 rings (SSSR count). The number of rotatable bonds is 8. The summed E-state index contributed by atoms with van der Waals surface area (Å²) in [4.78, 5) is 19.9. The van der Waals surface area contributed by atoms with Crippen LogP contribution in [-0.2, 0) is 26.1 Å². The number of nitrogens with zero attached hydrogens (tertiary/aromatic N) is 4. The molecule has 0 bridgehead atoms. The van der Waals surface area contributed by atoms with Crippen LogP contribution < -0.4 is 4.80 Å². The number of benzene rings is 2. The average molecular weight is 567 g/mol. The summed E-state index contributed by atoms with van der Waals surface area (Å²) >= 11 is 1.51. The fourth-order valence-corrected chi connectivity index (χ4v) is 7.38. The van der Waals surface area contributed by atoms with Crippen LogP contribution in [0.15, 0.2) is 74.3 Å². The number of aromatic nitrogens is 1. The molecule has 1 amide bonds. The summed E-state index contributed by atoms with van der Waals surface area (Å²) in [6.45, 7) is 3.72. The molecule has 2 aromatic carbocycles. The maximum absolute atomic E-state index is 13.0. The molecule has 4 aromatic rings. The van der Waals surface area contributed by atoms with Crippen molar-refractivity contribution in [3.8, 4) is 11.5 Å². The Labute approximate surface area is 231 Å². The number of hydrogen-bond donors (Lipinski definition) is 0. The van der Waals surface area contributed by atoms with E-state index in [1.54, 1.807) is 24.3 Å². The zero-order chi connectivity index (χ0) is 26.8. The van der Waals surface area contributed by atoms with Crippen LogP contribution in [0.4, 0.5) is 5.69 Å². The van der Waals surface area contributed by atoms with Crippen LogP contribution in [0.3, 0.4) is 0 Å². The van der Waals surface area contributed by atoms with Crippen molar-refractivity contribution in [2.45, 2.75) is 30.7 Å². The van der Waals surface area contributed by atoms with Crippen LogP contribution in [0.5, 0.6) is 0 Å². The Balaban J connectivity index is 1.30. The number of thiazole rings is 1. The number of ether oxygens (including phenoxy) is 1. The molecule has 4 heterocycles. The van der Waals surface area contributed by atoms with E-state index < -0.39 is 10.0 Å². The number of amides is 1. The monoisotopic (exact) mass is 566 g/mol. The lowest BCUT2D eigenvalue weighted by Gasteiger charge is -2.26. The number of para-hydroxylation sites is 1. The van der Waals surface area contributed by atoms with Crippen molar-refractivity contribution < 1.29 is 22.4 Å². The van der Waals surface area contributed by atoms with Gasteiger partial charge in [0.05, 0.1) is 29.5 Å². The number of carbonyl (C=O) groups excluding carboxylic acids is 1. The van der Waals surface area contributed by atoms with E-state index in [1.165, 1.54) is 15.6 Å². The van der Waals surface area contributed by atoms with E-state index >= 15 is 0 Å². The summed E-state index contributed by atoms with van der Waals surface area (Å²) in [6, 6.07) is 16.6. The Morgan fingerprint density at radius 3 is 2.51 bits per heavy atom. The van der Waals surface area contributed by atoms with Gasteiger partial charge in [-0.1, -0.05) is 18.2 Å². The molecule has 0 spiro atoms. The van der Waals surface area contributed by atoms with Crippen molar-refractivity contribution in [1.29, 1.82) is 0 Å². The average Bonchev–Trinajstić information content (AvgIpc) is 3.68. The van der Waals surface area contributed by atoms with Crippen LogP contribution in [0.2, 0.25) is 0 Å². The highest BCUT2D eigenvalue weighted by Crippen LogP contribution is 2.29. The Kier molecular flexibility index (Phi) is 7.39. The van der Waals surface area contributed by atoms with Crippen molar-refractivity contribution in [1.82, 2.24) is 13.8 Å². The minimum atomic E-state index is -3.56. The summed E-state index contributed by atoms with van der Waals surface area (Å²) in [7, 11) is -3.56. The molecule has 0 saturated carbocycles. The third-order valence-corrected chi connectivity index (χ3v) is 9.90. The highest BCUT2D eigenvalue weighted by molar-refractivity contribution is 7.89. The van der Waals surface area contributed by atoms with Gasteiger partial charge in [-0.2, -0.15) is 4.31 Å². The van der Waals surface area contributed by atoms with E-state index in [-0.39, 0.29) is 10.8 Å². The van der Waals surface area contributed by atoms with Gasteiger partial charge in [-0.25, -0.2) is 13.4 Å². The predicted molar refractivity (Wildman–Crippen MR) is 149 cm³/mol. The molecule has 2 fully saturated rings. The molecule has 2 saturated heterocycles. The van der Waals surface area contributed by atoms with Crippen LogP contribution in [-0.4, -0.2) is 67.5 Å². The van der Waals surface area contributed by atoms with E-state index in [0.717, 1.165) is 46.6 Å². The van der Waals surface area contributed by atoms with Gasteiger partial charge in [0, 0.05) is 49.9 Å². The number of likely N-dealkylation sites (tertiary alicyclic amines) is 1. The van der Waals surface area contributed by atoms with E-state index in [4.69, 9.17) is 14.1 Å². The molecule has 0 radical (unpaired) electrons. The summed E-state index contributed by atoms with van der Waals surface area (Å²) < 4.78 is 41.0. The molecule has 9 nitrogen and oxygen atoms in total. The van der Waals surface area contributed by atoms with E-state index in [1.807, 2.05) is 40.6 Å². The number of morpholine rings is 1. The predicted octanol–water partition coefficient (Wildman–Crippen LogP) is 4.23. The number of furan rings is 1. The van der Waals surface area contributed by atoms with Crippen molar-refractivity contribution in [2.75, 3.05) is 39.4 Å². The Hall–Kier alpha value is -3.25.